The van der Waals surface area contributed by atoms with E-state index in [4.69, 9.17) is 42.6 Å². The molecule has 0 aliphatic carbocycles. The van der Waals surface area contributed by atoms with Gasteiger partial charge in [0.25, 0.3) is 5.56 Å². The molecule has 0 fully saturated rings. The van der Waals surface area contributed by atoms with E-state index >= 15 is 4.57 Å². The number of Topliss-reactive ketones (excluding diaryl/α,β-unsaturated/α-hetero) is 1. The summed E-state index contributed by atoms with van der Waals surface area (Å²) in [6.45, 7) is 10.4. The zero-order valence-electron chi connectivity index (χ0n) is 38.1. The smallest absolute Gasteiger partial charge is 0.262 e. The number of carbonyl (C=O) groups is 2. The average molecular weight is 943 g/mol. The van der Waals surface area contributed by atoms with Crippen molar-refractivity contribution in [2.75, 3.05) is 124 Å². The Balaban J connectivity index is 0.971. The number of benzene rings is 3. The topological polar surface area (TPSA) is 168 Å². The lowest BCUT2D eigenvalue weighted by atomic mass is 10.2. The quantitative estimate of drug-likeness (QED) is 0.0500. The lowest BCUT2D eigenvalue weighted by molar-refractivity contribution is -0.125. The molecular weight excluding hydrogens is 876 g/mol. The van der Waals surface area contributed by atoms with Crippen LogP contribution in [0.25, 0.3) is 10.9 Å². The van der Waals surface area contributed by atoms with Crippen LogP contribution in [0.5, 0.6) is 5.75 Å². The maximum Gasteiger partial charge on any atom is 0.262 e. The molecule has 4 aromatic rings. The van der Waals surface area contributed by atoms with Crippen LogP contribution in [0.15, 0.2) is 89.7 Å². The van der Waals surface area contributed by atoms with Crippen molar-refractivity contribution in [1.82, 2.24) is 9.88 Å². The van der Waals surface area contributed by atoms with Gasteiger partial charge in [0.05, 0.1) is 123 Å². The normalized spacial score (nSPS) is 12.1. The maximum absolute atomic E-state index is 15.2. The number of methoxy groups -OCH3 is 1. The first kappa shape index (κ1) is 53.7. The van der Waals surface area contributed by atoms with Crippen LogP contribution in [-0.4, -0.2) is 147 Å². The van der Waals surface area contributed by atoms with E-state index in [1.165, 1.54) is 13.8 Å². The Morgan fingerprint density at radius 1 is 0.615 bits per heavy atom. The summed E-state index contributed by atoms with van der Waals surface area (Å²) >= 11 is 1.66. The van der Waals surface area contributed by atoms with Crippen LogP contribution >= 0.6 is 18.9 Å². The summed E-state index contributed by atoms with van der Waals surface area (Å²) in [6.07, 6.45) is 1.91. The lowest BCUT2D eigenvalue weighted by Crippen LogP contribution is -2.40. The number of ketones is 1. The largest absolute Gasteiger partial charge is 0.497 e. The van der Waals surface area contributed by atoms with E-state index in [1.807, 2.05) is 78.9 Å². The summed E-state index contributed by atoms with van der Waals surface area (Å²) in [5, 5.41) is 4.83. The van der Waals surface area contributed by atoms with Gasteiger partial charge in [0.15, 0.2) is 12.9 Å². The molecule has 0 saturated carbocycles. The molecule has 1 heterocycles. The lowest BCUT2D eigenvalue weighted by Gasteiger charge is -2.22. The number of hydrogen-bond acceptors (Lipinski definition) is 14. The van der Waals surface area contributed by atoms with E-state index in [0.29, 0.717) is 127 Å². The molecule has 1 N–H and O–H groups in total. The van der Waals surface area contributed by atoms with E-state index in [-0.39, 0.29) is 35.7 Å². The van der Waals surface area contributed by atoms with E-state index in [2.05, 4.69) is 5.32 Å². The minimum absolute atomic E-state index is 0.0253. The molecule has 4 rings (SSSR count). The highest BCUT2D eigenvalue weighted by molar-refractivity contribution is 7.99. The Kier molecular flexibility index (Phi) is 26.3. The summed E-state index contributed by atoms with van der Waals surface area (Å²) in [5.74, 6) is 1.92. The van der Waals surface area contributed by atoms with E-state index < -0.39 is 13.2 Å². The number of unbranched alkanes of at least 4 members (excludes halogenated alkanes) is 1. The van der Waals surface area contributed by atoms with Crippen LogP contribution < -0.4 is 31.5 Å². The van der Waals surface area contributed by atoms with Crippen LogP contribution in [0.3, 0.4) is 0 Å². The van der Waals surface area contributed by atoms with Crippen LogP contribution in [0.2, 0.25) is 0 Å². The zero-order chi connectivity index (χ0) is 46.4. The number of nitrogens with zero attached hydrogens (tertiary/aromatic N) is 1. The van der Waals surface area contributed by atoms with Gasteiger partial charge in [0, 0.05) is 41.8 Å². The van der Waals surface area contributed by atoms with Gasteiger partial charge in [-0.3, -0.25) is 14.4 Å². The number of hydrogen-bond donors (Lipinski definition) is 1. The molecule has 65 heavy (non-hydrogen) atoms. The third-order valence-corrected chi connectivity index (χ3v) is 14.1. The van der Waals surface area contributed by atoms with Crippen molar-refractivity contribution in [3.05, 3.63) is 95.3 Å². The Hall–Kier alpha value is -3.93. The molecule has 15 nitrogen and oxygen atoms in total. The molecule has 358 valence electrons. The minimum atomic E-state index is -3.54. The van der Waals surface area contributed by atoms with Gasteiger partial charge < -0.3 is 57.1 Å². The predicted molar refractivity (Wildman–Crippen MR) is 256 cm³/mol. The molecule has 1 amide bonds. The Bertz CT molecular complexity index is 2010. The molecule has 17 heteroatoms. The monoisotopic (exact) mass is 942 g/mol. The Morgan fingerprint density at radius 3 is 1.52 bits per heavy atom. The molecule has 0 aliphatic heterocycles. The fourth-order valence-electron chi connectivity index (χ4n) is 6.54. The molecule has 3 aromatic carbocycles. The fourth-order valence-corrected chi connectivity index (χ4v) is 10.4. The molecule has 1 atom stereocenters. The Morgan fingerprint density at radius 2 is 1.08 bits per heavy atom. The van der Waals surface area contributed by atoms with Crippen molar-refractivity contribution in [1.29, 1.82) is 0 Å². The van der Waals surface area contributed by atoms with Crippen molar-refractivity contribution in [2.24, 2.45) is 0 Å². The number of nitrogens with one attached hydrogen (secondary N) is 1. The Labute approximate surface area is 387 Å². The number of aromatic nitrogens is 1. The summed E-state index contributed by atoms with van der Waals surface area (Å²) in [7, 11) is -1.95. The number of amides is 1. The van der Waals surface area contributed by atoms with Gasteiger partial charge in [0.2, 0.25) is 5.91 Å². The van der Waals surface area contributed by atoms with Crippen molar-refractivity contribution >= 4 is 57.4 Å². The number of rotatable bonds is 37. The van der Waals surface area contributed by atoms with Gasteiger partial charge in [-0.2, -0.15) is 11.8 Å². The van der Waals surface area contributed by atoms with Gasteiger partial charge >= 0.3 is 0 Å². The highest BCUT2D eigenvalue weighted by Crippen LogP contribution is 2.41. The highest BCUT2D eigenvalue weighted by Gasteiger charge is 2.33. The number of fused-ring (bicyclic) bond motifs is 1. The van der Waals surface area contributed by atoms with Crippen molar-refractivity contribution in [3.8, 4) is 5.75 Å². The second kappa shape index (κ2) is 31.9. The number of carbonyl (C=O) groups excluding carboxylic acids is 2. The average Bonchev–Trinajstić information content (AvgIpc) is 3.32. The molecule has 0 radical (unpaired) electrons. The van der Waals surface area contributed by atoms with Gasteiger partial charge in [-0.25, -0.2) is 0 Å². The van der Waals surface area contributed by atoms with Crippen LogP contribution in [0.1, 0.15) is 26.7 Å². The van der Waals surface area contributed by atoms with Crippen LogP contribution in [-0.2, 0) is 58.6 Å². The molecule has 0 saturated heterocycles. The molecular formula is C48H67N2O13PS. The van der Waals surface area contributed by atoms with Gasteiger partial charge in [0.1, 0.15) is 5.75 Å². The van der Waals surface area contributed by atoms with E-state index in [0.717, 1.165) is 24.0 Å². The van der Waals surface area contributed by atoms with Crippen molar-refractivity contribution in [2.45, 2.75) is 39.3 Å². The SMILES string of the molecule is COc1ccc2c(c1)cc(P(=O)(c1ccccc1)c1ccccc1)c(=O)n2CCOCCOCCOCCOCCOCCOCCOCCOCCCCSC[C@H](NC(C)=O)C(C)=O. The molecule has 0 aliphatic rings. The number of pyridine rings is 1. The van der Waals surface area contributed by atoms with Gasteiger partial charge in [-0.1, -0.05) is 60.7 Å². The van der Waals surface area contributed by atoms with Gasteiger partial charge in [-0.15, -0.1) is 0 Å². The first-order chi connectivity index (χ1) is 31.8. The van der Waals surface area contributed by atoms with Crippen molar-refractivity contribution in [3.63, 3.8) is 0 Å². The third kappa shape index (κ3) is 19.4. The fraction of sp³-hybridized carbons (Fsp3) is 0.521. The third-order valence-electron chi connectivity index (χ3n) is 9.90. The minimum Gasteiger partial charge on any atom is -0.497 e. The number of ether oxygens (including phenoxy) is 9. The summed E-state index contributed by atoms with van der Waals surface area (Å²) in [5.41, 5.74) is 0.373. The predicted octanol–water partition coefficient (Wildman–Crippen LogP) is 4.39. The number of thioether (sulfide) groups is 1. The second-order valence-electron chi connectivity index (χ2n) is 14.7. The highest BCUT2D eigenvalue weighted by atomic mass is 32.2. The zero-order valence-corrected chi connectivity index (χ0v) is 39.8. The molecule has 0 bridgehead atoms. The second-order valence-corrected chi connectivity index (χ2v) is 18.6. The van der Waals surface area contributed by atoms with Crippen LogP contribution in [0, 0.1) is 0 Å². The first-order valence-corrected chi connectivity index (χ1v) is 25.0. The maximum atomic E-state index is 15.2. The molecule has 0 spiro atoms. The summed E-state index contributed by atoms with van der Waals surface area (Å²) < 4.78 is 67.2. The summed E-state index contributed by atoms with van der Waals surface area (Å²) in [4.78, 5) is 37.0. The molecule has 1 aromatic heterocycles. The summed E-state index contributed by atoms with van der Waals surface area (Å²) in [6, 6.07) is 25.2. The molecule has 0 unspecified atom stereocenters. The van der Waals surface area contributed by atoms with E-state index in [9.17, 15) is 14.4 Å². The first-order valence-electron chi connectivity index (χ1n) is 22.2. The van der Waals surface area contributed by atoms with E-state index in [1.54, 1.807) is 29.5 Å². The van der Waals surface area contributed by atoms with Crippen molar-refractivity contribution < 1.29 is 56.8 Å². The van der Waals surface area contributed by atoms with Gasteiger partial charge in [-0.05, 0) is 49.8 Å². The standard InChI is InChI=1S/C48H67N2O13PS/c1-39(51)45(49-40(2)52)38-65-35-11-10-19-56-21-23-58-25-27-60-29-31-62-33-34-63-32-30-61-28-26-59-24-22-57-20-18-50-46-17-16-42(55-3)36-41(46)37-47(48(50)53)64(54,43-12-6-4-7-13-43)44-14-8-5-9-15-44/h4-9,12-17,36-37,45H,10-11,18-35,38H2,1-3H3,(H,49,52)/t45-/m0/s1. The van der Waals surface area contributed by atoms with Crippen LogP contribution in [0.4, 0.5) is 0 Å².